The molecule has 3 heterocycles. The van der Waals surface area contributed by atoms with E-state index in [1.165, 1.54) is 16.9 Å². The van der Waals surface area contributed by atoms with E-state index in [0.717, 1.165) is 54.5 Å². The summed E-state index contributed by atoms with van der Waals surface area (Å²) in [6.45, 7) is 2.80. The highest BCUT2D eigenvalue weighted by Crippen LogP contribution is 2.29. The zero-order valence-corrected chi connectivity index (χ0v) is 18.2. The standard InChI is InChI=1S/C22H24N4O2S2/c23-20(27)16-8-11-26(12-9-16)10-7-15-3-5-17(6-4-15)25-21(28)19-14-24-22(30-19)18-2-1-13-29-18/h1-6,13-14,16H,7-12H2,(H2,23,27)(H,25,28). The Hall–Kier alpha value is -2.55. The van der Waals surface area contributed by atoms with Crippen LogP contribution in [0.1, 0.15) is 28.1 Å². The minimum atomic E-state index is -0.173. The molecule has 3 aromatic rings. The number of carbonyl (C=O) groups is 2. The molecule has 0 unspecified atom stereocenters. The number of benzene rings is 1. The van der Waals surface area contributed by atoms with Crippen molar-refractivity contribution in [1.29, 1.82) is 0 Å². The second-order valence-corrected chi connectivity index (χ2v) is 9.40. The van der Waals surface area contributed by atoms with Gasteiger partial charge in [-0.15, -0.1) is 22.7 Å². The number of rotatable bonds is 7. The average Bonchev–Trinajstić information content (AvgIpc) is 3.45. The number of nitrogens with one attached hydrogen (secondary N) is 1. The van der Waals surface area contributed by atoms with Crippen LogP contribution in [0.5, 0.6) is 0 Å². The largest absolute Gasteiger partial charge is 0.369 e. The van der Waals surface area contributed by atoms with Crippen LogP contribution in [0, 0.1) is 5.92 Å². The van der Waals surface area contributed by atoms with Crippen molar-refractivity contribution in [3.05, 3.63) is 58.4 Å². The predicted molar refractivity (Wildman–Crippen MR) is 122 cm³/mol. The molecule has 0 atom stereocenters. The van der Waals surface area contributed by atoms with E-state index in [4.69, 9.17) is 5.73 Å². The van der Waals surface area contributed by atoms with E-state index in [2.05, 4.69) is 27.3 Å². The zero-order valence-electron chi connectivity index (χ0n) is 16.5. The first-order valence-electron chi connectivity index (χ1n) is 10.00. The monoisotopic (exact) mass is 440 g/mol. The fraction of sp³-hybridized carbons (Fsp3) is 0.318. The zero-order chi connectivity index (χ0) is 20.9. The quantitative estimate of drug-likeness (QED) is 0.584. The van der Waals surface area contributed by atoms with Crippen LogP contribution in [0.4, 0.5) is 5.69 Å². The van der Waals surface area contributed by atoms with Gasteiger partial charge in [-0.3, -0.25) is 9.59 Å². The lowest BCUT2D eigenvalue weighted by atomic mass is 9.96. The summed E-state index contributed by atoms with van der Waals surface area (Å²) in [6, 6.07) is 12.0. The highest BCUT2D eigenvalue weighted by atomic mass is 32.1. The number of hydrogen-bond donors (Lipinski definition) is 2. The summed E-state index contributed by atoms with van der Waals surface area (Å²) in [7, 11) is 0. The molecule has 3 N–H and O–H groups in total. The molecule has 1 aliphatic rings. The summed E-state index contributed by atoms with van der Waals surface area (Å²) in [5.41, 5.74) is 7.40. The van der Waals surface area contributed by atoms with Crippen molar-refractivity contribution in [3.63, 3.8) is 0 Å². The van der Waals surface area contributed by atoms with Crippen molar-refractivity contribution in [2.45, 2.75) is 19.3 Å². The van der Waals surface area contributed by atoms with Gasteiger partial charge >= 0.3 is 0 Å². The molecule has 1 aliphatic heterocycles. The summed E-state index contributed by atoms with van der Waals surface area (Å²) >= 11 is 3.01. The number of hydrogen-bond acceptors (Lipinski definition) is 6. The molecule has 2 amide bonds. The van der Waals surface area contributed by atoms with Crippen molar-refractivity contribution >= 4 is 40.2 Å². The third-order valence-electron chi connectivity index (χ3n) is 5.38. The topological polar surface area (TPSA) is 88.3 Å². The van der Waals surface area contributed by atoms with Crippen LogP contribution in [-0.2, 0) is 11.2 Å². The van der Waals surface area contributed by atoms with Crippen molar-refractivity contribution < 1.29 is 9.59 Å². The van der Waals surface area contributed by atoms with E-state index in [1.807, 2.05) is 29.6 Å². The third-order valence-corrected chi connectivity index (χ3v) is 7.42. The molecule has 0 aliphatic carbocycles. The van der Waals surface area contributed by atoms with E-state index in [0.29, 0.717) is 4.88 Å². The van der Waals surface area contributed by atoms with Crippen molar-refractivity contribution in [1.82, 2.24) is 9.88 Å². The molecule has 0 bridgehead atoms. The maximum atomic E-state index is 12.5. The first-order chi connectivity index (χ1) is 14.6. The lowest BCUT2D eigenvalue weighted by Gasteiger charge is -2.30. The van der Waals surface area contributed by atoms with E-state index >= 15 is 0 Å². The molecule has 1 aromatic carbocycles. The van der Waals surface area contributed by atoms with Crippen LogP contribution >= 0.6 is 22.7 Å². The number of nitrogens with two attached hydrogens (primary N) is 1. The minimum absolute atomic E-state index is 0.0316. The summed E-state index contributed by atoms with van der Waals surface area (Å²) in [6.07, 6.45) is 4.28. The maximum Gasteiger partial charge on any atom is 0.267 e. The van der Waals surface area contributed by atoms with E-state index in [-0.39, 0.29) is 17.7 Å². The lowest BCUT2D eigenvalue weighted by molar-refractivity contribution is -0.123. The second-order valence-electron chi connectivity index (χ2n) is 7.43. The van der Waals surface area contributed by atoms with E-state index in [1.54, 1.807) is 17.5 Å². The second kappa shape index (κ2) is 9.51. The molecule has 0 radical (unpaired) electrons. The molecule has 1 saturated heterocycles. The molecule has 0 spiro atoms. The smallest absolute Gasteiger partial charge is 0.267 e. The Balaban J connectivity index is 1.27. The van der Waals surface area contributed by atoms with Gasteiger partial charge in [-0.1, -0.05) is 18.2 Å². The van der Waals surface area contributed by atoms with Crippen LogP contribution in [0.3, 0.4) is 0 Å². The molecule has 8 heteroatoms. The highest BCUT2D eigenvalue weighted by Gasteiger charge is 2.22. The lowest BCUT2D eigenvalue weighted by Crippen LogP contribution is -2.39. The van der Waals surface area contributed by atoms with Gasteiger partial charge in [0.05, 0.1) is 11.1 Å². The first-order valence-corrected chi connectivity index (χ1v) is 11.7. The summed E-state index contributed by atoms with van der Waals surface area (Å²) in [5, 5.41) is 5.81. The number of aromatic nitrogens is 1. The van der Waals surface area contributed by atoms with Gasteiger partial charge in [-0.2, -0.15) is 0 Å². The highest BCUT2D eigenvalue weighted by molar-refractivity contribution is 7.22. The van der Waals surface area contributed by atoms with Crippen molar-refractivity contribution in [2.24, 2.45) is 11.7 Å². The number of anilines is 1. The number of thiophene rings is 1. The molecule has 30 heavy (non-hydrogen) atoms. The van der Waals surface area contributed by atoms with Crippen LogP contribution in [0.2, 0.25) is 0 Å². The number of thiazole rings is 1. The third kappa shape index (κ3) is 5.13. The van der Waals surface area contributed by atoms with Crippen LogP contribution < -0.4 is 11.1 Å². The molecule has 1 fully saturated rings. The Labute approximate surface area is 183 Å². The number of piperidine rings is 1. The Morgan fingerprint density at radius 3 is 2.60 bits per heavy atom. The Morgan fingerprint density at radius 2 is 1.93 bits per heavy atom. The van der Waals surface area contributed by atoms with Gasteiger partial charge in [-0.25, -0.2) is 4.98 Å². The Morgan fingerprint density at radius 1 is 1.17 bits per heavy atom. The van der Waals surface area contributed by atoms with Gasteiger partial charge in [0.25, 0.3) is 5.91 Å². The average molecular weight is 441 g/mol. The molecular weight excluding hydrogens is 416 g/mol. The Bertz CT molecular complexity index is 991. The van der Waals surface area contributed by atoms with Crippen molar-refractivity contribution in [3.8, 4) is 9.88 Å². The van der Waals surface area contributed by atoms with Crippen LogP contribution in [0.15, 0.2) is 48.0 Å². The molecule has 6 nitrogen and oxygen atoms in total. The fourth-order valence-electron chi connectivity index (χ4n) is 3.57. The van der Waals surface area contributed by atoms with Gasteiger partial charge in [0.2, 0.25) is 5.91 Å². The molecule has 156 valence electrons. The van der Waals surface area contributed by atoms with Gasteiger partial charge in [0, 0.05) is 18.2 Å². The number of likely N-dealkylation sites (tertiary alicyclic amines) is 1. The number of carbonyl (C=O) groups excluding carboxylic acids is 2. The number of nitrogens with zero attached hydrogens (tertiary/aromatic N) is 2. The fourth-order valence-corrected chi connectivity index (χ4v) is 5.18. The molecular formula is C22H24N4O2S2. The predicted octanol–water partition coefficient (Wildman–Crippen LogP) is 3.86. The summed E-state index contributed by atoms with van der Waals surface area (Å²) in [5.74, 6) is -0.280. The normalized spacial score (nSPS) is 15.2. The molecule has 2 aromatic heterocycles. The summed E-state index contributed by atoms with van der Waals surface area (Å²) < 4.78 is 0. The van der Waals surface area contributed by atoms with Crippen molar-refractivity contribution in [2.75, 3.05) is 25.0 Å². The number of amides is 2. The SMILES string of the molecule is NC(=O)C1CCN(CCc2ccc(NC(=O)c3cnc(-c4cccs4)s3)cc2)CC1. The van der Waals surface area contributed by atoms with E-state index in [9.17, 15) is 9.59 Å². The Kier molecular flexibility index (Phi) is 6.56. The summed E-state index contributed by atoms with van der Waals surface area (Å²) in [4.78, 5) is 32.2. The minimum Gasteiger partial charge on any atom is -0.369 e. The van der Waals surface area contributed by atoms with Gasteiger partial charge in [0.15, 0.2) is 0 Å². The van der Waals surface area contributed by atoms with E-state index < -0.39 is 0 Å². The molecule has 0 saturated carbocycles. The first kappa shape index (κ1) is 20.7. The molecule has 4 rings (SSSR count). The van der Waals surface area contributed by atoms with Crippen LogP contribution in [-0.4, -0.2) is 41.3 Å². The maximum absolute atomic E-state index is 12.5. The van der Waals surface area contributed by atoms with Gasteiger partial charge < -0.3 is 16.0 Å². The van der Waals surface area contributed by atoms with Gasteiger partial charge in [0.1, 0.15) is 9.88 Å². The van der Waals surface area contributed by atoms with Crippen LogP contribution in [0.25, 0.3) is 9.88 Å². The van der Waals surface area contributed by atoms with Gasteiger partial charge in [-0.05, 0) is 61.5 Å². The number of primary amides is 1.